The largest absolute Gasteiger partial charge is 0.309 e. The van der Waals surface area contributed by atoms with Gasteiger partial charge in [0.05, 0.1) is 0 Å². The van der Waals surface area contributed by atoms with Crippen molar-refractivity contribution in [2.75, 3.05) is 19.6 Å². The maximum absolute atomic E-state index is 5.36. The molecular formula is C17H24N2. The number of unbranched alkanes of at least 4 members (excludes halogenated alkanes) is 1. The molecule has 1 N–H and O–H groups in total. The average molecular weight is 256 g/mol. The van der Waals surface area contributed by atoms with Gasteiger partial charge in [0.15, 0.2) is 0 Å². The highest BCUT2D eigenvalue weighted by Gasteiger charge is 2.32. The topological polar surface area (TPSA) is 15.3 Å². The lowest BCUT2D eigenvalue weighted by atomic mass is 9.94. The minimum atomic E-state index is 0.182. The van der Waals surface area contributed by atoms with E-state index < -0.39 is 0 Å². The lowest BCUT2D eigenvalue weighted by Gasteiger charge is -2.45. The minimum Gasteiger partial charge on any atom is -0.309 e. The van der Waals surface area contributed by atoms with Crippen molar-refractivity contribution in [3.63, 3.8) is 0 Å². The molecule has 2 nitrogen and oxygen atoms in total. The van der Waals surface area contributed by atoms with Gasteiger partial charge in [-0.1, -0.05) is 30.3 Å². The lowest BCUT2D eigenvalue weighted by molar-refractivity contribution is 0.0943. The van der Waals surface area contributed by atoms with E-state index in [-0.39, 0.29) is 5.54 Å². The summed E-state index contributed by atoms with van der Waals surface area (Å²) in [6.07, 6.45) is 7.31. The summed E-state index contributed by atoms with van der Waals surface area (Å²) in [4.78, 5) is 2.57. The Balaban J connectivity index is 2.09. The van der Waals surface area contributed by atoms with Gasteiger partial charge < -0.3 is 5.32 Å². The first kappa shape index (κ1) is 14.1. The molecule has 1 aliphatic rings. The van der Waals surface area contributed by atoms with Gasteiger partial charge in [0.2, 0.25) is 0 Å². The molecule has 0 radical (unpaired) electrons. The molecule has 1 aromatic rings. The molecule has 0 spiro atoms. The molecule has 1 saturated heterocycles. The molecule has 1 heterocycles. The van der Waals surface area contributed by atoms with Crippen LogP contribution in [0.3, 0.4) is 0 Å². The Hall–Kier alpha value is -1.30. The van der Waals surface area contributed by atoms with E-state index in [1.807, 2.05) is 0 Å². The summed E-state index contributed by atoms with van der Waals surface area (Å²) in [5.74, 6) is 2.74. The second kappa shape index (κ2) is 6.23. The minimum absolute atomic E-state index is 0.182. The van der Waals surface area contributed by atoms with Crippen LogP contribution in [-0.2, 0) is 0 Å². The quantitative estimate of drug-likeness (QED) is 0.658. The number of hydrogen-bond acceptors (Lipinski definition) is 2. The van der Waals surface area contributed by atoms with E-state index in [0.717, 1.165) is 32.5 Å². The van der Waals surface area contributed by atoms with E-state index in [1.54, 1.807) is 0 Å². The number of benzene rings is 1. The molecule has 0 bridgehead atoms. The zero-order valence-corrected chi connectivity index (χ0v) is 12.0. The van der Waals surface area contributed by atoms with Crippen LogP contribution in [-0.4, -0.2) is 30.1 Å². The van der Waals surface area contributed by atoms with E-state index in [0.29, 0.717) is 6.04 Å². The molecule has 0 aliphatic carbocycles. The second-order valence-electron chi connectivity index (χ2n) is 5.97. The van der Waals surface area contributed by atoms with Crippen LogP contribution < -0.4 is 5.32 Å². The van der Waals surface area contributed by atoms with Gasteiger partial charge in [0.1, 0.15) is 0 Å². The number of terminal acetylenes is 1. The molecule has 102 valence electrons. The number of piperazine rings is 1. The van der Waals surface area contributed by atoms with Gasteiger partial charge in [-0.05, 0) is 32.4 Å². The zero-order valence-electron chi connectivity index (χ0n) is 12.0. The molecule has 2 heteroatoms. The van der Waals surface area contributed by atoms with E-state index >= 15 is 0 Å². The van der Waals surface area contributed by atoms with Crippen molar-refractivity contribution in [2.24, 2.45) is 0 Å². The molecule has 19 heavy (non-hydrogen) atoms. The van der Waals surface area contributed by atoms with E-state index in [9.17, 15) is 0 Å². The molecule has 1 aromatic carbocycles. The van der Waals surface area contributed by atoms with E-state index in [1.165, 1.54) is 5.56 Å². The average Bonchev–Trinajstić information content (AvgIpc) is 2.39. The Kier molecular flexibility index (Phi) is 4.63. The van der Waals surface area contributed by atoms with E-state index in [4.69, 9.17) is 6.42 Å². The first-order valence-electron chi connectivity index (χ1n) is 7.10. The molecule has 1 unspecified atom stereocenters. The predicted molar refractivity (Wildman–Crippen MR) is 80.9 cm³/mol. The summed E-state index contributed by atoms with van der Waals surface area (Å²) in [6.45, 7) is 7.68. The van der Waals surface area contributed by atoms with Crippen molar-refractivity contribution in [1.29, 1.82) is 0 Å². The first-order chi connectivity index (χ1) is 9.12. The van der Waals surface area contributed by atoms with Gasteiger partial charge in [0, 0.05) is 31.1 Å². The van der Waals surface area contributed by atoms with Crippen LogP contribution in [0.15, 0.2) is 30.3 Å². The van der Waals surface area contributed by atoms with Crippen LogP contribution in [0.25, 0.3) is 0 Å². The normalized spacial score (nSPS) is 22.9. The Labute approximate surface area is 117 Å². The zero-order chi connectivity index (χ0) is 13.7. The number of hydrogen-bond donors (Lipinski definition) is 1. The number of nitrogens with one attached hydrogen (secondary N) is 1. The Morgan fingerprint density at radius 2 is 2.11 bits per heavy atom. The van der Waals surface area contributed by atoms with Gasteiger partial charge in [-0.3, -0.25) is 4.90 Å². The van der Waals surface area contributed by atoms with Crippen LogP contribution >= 0.6 is 0 Å². The van der Waals surface area contributed by atoms with Crippen molar-refractivity contribution >= 4 is 0 Å². The maximum Gasteiger partial charge on any atom is 0.0473 e. The standard InChI is InChI=1S/C17H24N2/c1-4-5-9-12-19-14-17(2,3)18-13-16(19)15-10-7-6-8-11-15/h1,6-8,10-11,16,18H,5,9,12-14H2,2-3H3. The number of rotatable bonds is 4. The van der Waals surface area contributed by atoms with Gasteiger partial charge >= 0.3 is 0 Å². The van der Waals surface area contributed by atoms with Crippen molar-refractivity contribution in [3.8, 4) is 12.3 Å². The summed E-state index contributed by atoms with van der Waals surface area (Å²) >= 11 is 0. The summed E-state index contributed by atoms with van der Waals surface area (Å²) in [6, 6.07) is 11.2. The maximum atomic E-state index is 5.36. The smallest absolute Gasteiger partial charge is 0.0473 e. The monoisotopic (exact) mass is 256 g/mol. The Morgan fingerprint density at radius 1 is 1.37 bits per heavy atom. The van der Waals surface area contributed by atoms with Crippen LogP contribution in [0.1, 0.15) is 38.3 Å². The third-order valence-corrected chi connectivity index (χ3v) is 3.76. The van der Waals surface area contributed by atoms with E-state index in [2.05, 4.69) is 60.3 Å². The summed E-state index contributed by atoms with van der Waals surface area (Å²) in [7, 11) is 0. The fourth-order valence-electron chi connectivity index (χ4n) is 2.80. The summed E-state index contributed by atoms with van der Waals surface area (Å²) in [5.41, 5.74) is 1.58. The van der Waals surface area contributed by atoms with Crippen molar-refractivity contribution < 1.29 is 0 Å². The molecule has 1 aliphatic heterocycles. The Morgan fingerprint density at radius 3 is 2.79 bits per heavy atom. The third kappa shape index (κ3) is 3.83. The predicted octanol–water partition coefficient (Wildman–Crippen LogP) is 2.82. The number of nitrogens with zero attached hydrogens (tertiary/aromatic N) is 1. The summed E-state index contributed by atoms with van der Waals surface area (Å²) in [5, 5.41) is 3.65. The first-order valence-corrected chi connectivity index (χ1v) is 7.10. The second-order valence-corrected chi connectivity index (χ2v) is 5.97. The lowest BCUT2D eigenvalue weighted by Crippen LogP contribution is -2.58. The Bertz CT molecular complexity index is 430. The molecule has 0 amide bonds. The van der Waals surface area contributed by atoms with Crippen LogP contribution in [0.4, 0.5) is 0 Å². The fourth-order valence-corrected chi connectivity index (χ4v) is 2.80. The van der Waals surface area contributed by atoms with Crippen molar-refractivity contribution in [2.45, 2.75) is 38.3 Å². The highest BCUT2D eigenvalue weighted by atomic mass is 15.2. The molecule has 1 fully saturated rings. The molecule has 2 rings (SSSR count). The molecule has 1 atom stereocenters. The van der Waals surface area contributed by atoms with Crippen LogP contribution in [0.5, 0.6) is 0 Å². The van der Waals surface area contributed by atoms with Crippen molar-refractivity contribution in [3.05, 3.63) is 35.9 Å². The highest BCUT2D eigenvalue weighted by molar-refractivity contribution is 5.20. The van der Waals surface area contributed by atoms with Crippen LogP contribution in [0, 0.1) is 12.3 Å². The third-order valence-electron chi connectivity index (χ3n) is 3.76. The SMILES string of the molecule is C#CCCCN1CC(C)(C)NCC1c1ccccc1. The highest BCUT2D eigenvalue weighted by Crippen LogP contribution is 2.27. The van der Waals surface area contributed by atoms with Gasteiger partial charge in [-0.25, -0.2) is 0 Å². The van der Waals surface area contributed by atoms with Crippen molar-refractivity contribution in [1.82, 2.24) is 10.2 Å². The summed E-state index contributed by atoms with van der Waals surface area (Å²) < 4.78 is 0. The molecule has 0 aromatic heterocycles. The van der Waals surface area contributed by atoms with Gasteiger partial charge in [-0.2, -0.15) is 0 Å². The van der Waals surface area contributed by atoms with Gasteiger partial charge in [-0.15, -0.1) is 12.3 Å². The fraction of sp³-hybridized carbons (Fsp3) is 0.529. The van der Waals surface area contributed by atoms with Gasteiger partial charge in [0.25, 0.3) is 0 Å². The van der Waals surface area contributed by atoms with Crippen LogP contribution in [0.2, 0.25) is 0 Å². The molecular weight excluding hydrogens is 232 g/mol. The molecule has 0 saturated carbocycles.